The number of methoxy groups -OCH3 is 1. The van der Waals surface area contributed by atoms with Crippen LogP contribution in [0.3, 0.4) is 0 Å². The number of pyridine rings is 1. The maximum Gasteiger partial charge on any atom is 0.139 e. The summed E-state index contributed by atoms with van der Waals surface area (Å²) in [5, 5.41) is 11.5. The lowest BCUT2D eigenvalue weighted by Gasteiger charge is -2.28. The first-order chi connectivity index (χ1) is 14.0. The fourth-order valence-electron chi connectivity index (χ4n) is 3.09. The van der Waals surface area contributed by atoms with Crippen molar-refractivity contribution in [3.63, 3.8) is 0 Å². The van der Waals surface area contributed by atoms with Gasteiger partial charge in [0.05, 0.1) is 5.69 Å². The number of aliphatic imine (C=N–C) groups is 1. The van der Waals surface area contributed by atoms with Crippen LogP contribution in [0.25, 0.3) is 0 Å². The zero-order chi connectivity index (χ0) is 21.1. The van der Waals surface area contributed by atoms with E-state index in [1.807, 2.05) is 49.4 Å². The van der Waals surface area contributed by atoms with E-state index >= 15 is 0 Å². The lowest BCUT2D eigenvalue weighted by Crippen LogP contribution is -2.27. The third-order valence-electron chi connectivity index (χ3n) is 5.05. The van der Waals surface area contributed by atoms with Gasteiger partial charge in [0.1, 0.15) is 17.3 Å². The first kappa shape index (κ1) is 22.4. The van der Waals surface area contributed by atoms with E-state index in [2.05, 4.69) is 15.1 Å². The number of unbranched alkanes of at least 4 members (excludes halogenated alkanes) is 3. The molecule has 0 fully saturated rings. The van der Waals surface area contributed by atoms with Crippen molar-refractivity contribution in [1.82, 2.24) is 4.98 Å². The quantitative estimate of drug-likeness (QED) is 0.176. The van der Waals surface area contributed by atoms with Crippen LogP contribution in [0, 0.1) is 0 Å². The molecule has 0 radical (unpaired) electrons. The fraction of sp³-hybridized carbons (Fsp3) is 0.409. The molecule has 1 unspecified atom stereocenters. The molecule has 0 bridgehead atoms. The molecule has 2 aromatic rings. The molecule has 156 valence electrons. The fourth-order valence-corrected chi connectivity index (χ4v) is 3.09. The van der Waals surface area contributed by atoms with E-state index in [0.29, 0.717) is 18.8 Å². The number of hydrogen-bond acceptors (Lipinski definition) is 5. The number of benzene rings is 1. The number of amidine groups is 2. The summed E-state index contributed by atoms with van der Waals surface area (Å²) in [6.07, 6.45) is 6.30. The van der Waals surface area contributed by atoms with Crippen molar-refractivity contribution in [1.29, 1.82) is 0 Å². The second-order valence-electron chi connectivity index (χ2n) is 7.05. The Morgan fingerprint density at radius 1 is 1.07 bits per heavy atom. The maximum atomic E-state index is 8.50. The number of nitrogens with two attached hydrogens (primary N) is 2. The molecule has 1 aromatic carbocycles. The molecule has 0 aliphatic rings. The maximum absolute atomic E-state index is 8.50. The highest BCUT2D eigenvalue weighted by Gasteiger charge is 2.29. The summed E-state index contributed by atoms with van der Waals surface area (Å²) >= 11 is 0. The zero-order valence-corrected chi connectivity index (χ0v) is 17.2. The van der Waals surface area contributed by atoms with E-state index in [9.17, 15) is 0 Å². The monoisotopic (exact) mass is 397 g/mol. The molecule has 0 aliphatic carbocycles. The molecule has 0 aliphatic heterocycles. The molecule has 0 spiro atoms. The summed E-state index contributed by atoms with van der Waals surface area (Å²) in [5.41, 5.74) is 13.7. The number of oxime groups is 1. The molecule has 1 aromatic heterocycles. The van der Waals surface area contributed by atoms with Gasteiger partial charge in [-0.1, -0.05) is 48.3 Å². The Bertz CT molecular complexity index is 806. The summed E-state index contributed by atoms with van der Waals surface area (Å²) in [4.78, 5) is 8.92. The van der Waals surface area contributed by atoms with Gasteiger partial charge in [0, 0.05) is 31.8 Å². The van der Waals surface area contributed by atoms with Crippen molar-refractivity contribution < 1.29 is 9.94 Å². The highest BCUT2D eigenvalue weighted by atomic mass is 16.5. The predicted molar refractivity (Wildman–Crippen MR) is 116 cm³/mol. The molecule has 1 heterocycles. The Hall–Kier alpha value is -2.93. The summed E-state index contributed by atoms with van der Waals surface area (Å²) < 4.78 is 5.79. The van der Waals surface area contributed by atoms with Gasteiger partial charge >= 0.3 is 0 Å². The molecular weight excluding hydrogens is 366 g/mol. The first-order valence-electron chi connectivity index (χ1n) is 9.85. The van der Waals surface area contributed by atoms with Crippen molar-refractivity contribution in [2.24, 2.45) is 21.6 Å². The van der Waals surface area contributed by atoms with Gasteiger partial charge in [0.15, 0.2) is 0 Å². The Morgan fingerprint density at radius 3 is 2.41 bits per heavy atom. The second kappa shape index (κ2) is 11.2. The number of hydrogen-bond donors (Lipinski definition) is 3. The Kier molecular flexibility index (Phi) is 8.61. The molecule has 7 nitrogen and oxygen atoms in total. The summed E-state index contributed by atoms with van der Waals surface area (Å²) in [7, 11) is 1.68. The van der Waals surface area contributed by atoms with Crippen molar-refractivity contribution in [2.75, 3.05) is 13.7 Å². The van der Waals surface area contributed by atoms with Gasteiger partial charge in [0.25, 0.3) is 0 Å². The van der Waals surface area contributed by atoms with E-state index in [1.54, 1.807) is 13.3 Å². The van der Waals surface area contributed by atoms with Crippen LogP contribution in [0.15, 0.2) is 58.8 Å². The van der Waals surface area contributed by atoms with Gasteiger partial charge in [-0.15, -0.1) is 0 Å². The predicted octanol–water partition coefficient (Wildman–Crippen LogP) is 3.39. The van der Waals surface area contributed by atoms with Gasteiger partial charge in [-0.2, -0.15) is 0 Å². The van der Waals surface area contributed by atoms with E-state index in [1.165, 1.54) is 0 Å². The summed E-state index contributed by atoms with van der Waals surface area (Å²) in [6, 6.07) is 13.7. The third kappa shape index (κ3) is 6.29. The van der Waals surface area contributed by atoms with Gasteiger partial charge < -0.3 is 21.4 Å². The minimum atomic E-state index is -0.629. The van der Waals surface area contributed by atoms with Crippen LogP contribution in [0.5, 0.6) is 0 Å². The van der Waals surface area contributed by atoms with E-state index in [-0.39, 0.29) is 5.84 Å². The van der Waals surface area contributed by atoms with Gasteiger partial charge in [-0.25, -0.2) is 0 Å². The molecule has 0 amide bonds. The SMILES string of the molecule is COC(C)(c1ccc(C(N)=NCCCCCCC(N)=NO)cc1)c1ccccn1. The second-order valence-corrected chi connectivity index (χ2v) is 7.05. The lowest BCUT2D eigenvalue weighted by molar-refractivity contribution is 0.0354. The summed E-state index contributed by atoms with van der Waals surface area (Å²) in [5.74, 6) is 0.813. The van der Waals surface area contributed by atoms with Crippen LogP contribution in [-0.2, 0) is 10.3 Å². The molecule has 7 heteroatoms. The lowest BCUT2D eigenvalue weighted by atomic mass is 9.91. The Labute approximate surface area is 172 Å². The average Bonchev–Trinajstić information content (AvgIpc) is 2.78. The molecule has 0 saturated heterocycles. The van der Waals surface area contributed by atoms with E-state index in [0.717, 1.165) is 42.5 Å². The molecule has 2 rings (SSSR count). The first-order valence-corrected chi connectivity index (χ1v) is 9.85. The number of rotatable bonds is 11. The molecule has 29 heavy (non-hydrogen) atoms. The van der Waals surface area contributed by atoms with Crippen LogP contribution in [0.1, 0.15) is 55.8 Å². The van der Waals surface area contributed by atoms with Crippen molar-refractivity contribution in [2.45, 2.75) is 44.6 Å². The van der Waals surface area contributed by atoms with Gasteiger partial charge in [0.2, 0.25) is 0 Å². The van der Waals surface area contributed by atoms with Crippen molar-refractivity contribution in [3.8, 4) is 0 Å². The summed E-state index contributed by atoms with van der Waals surface area (Å²) in [6.45, 7) is 2.68. The Morgan fingerprint density at radius 2 is 1.79 bits per heavy atom. The van der Waals surface area contributed by atoms with E-state index < -0.39 is 5.60 Å². The number of nitrogens with zero attached hydrogens (tertiary/aromatic N) is 3. The van der Waals surface area contributed by atoms with Crippen LogP contribution in [0.4, 0.5) is 0 Å². The van der Waals surface area contributed by atoms with Crippen molar-refractivity contribution >= 4 is 11.7 Å². The average molecular weight is 398 g/mol. The van der Waals surface area contributed by atoms with Crippen molar-refractivity contribution in [3.05, 3.63) is 65.5 Å². The number of aromatic nitrogens is 1. The topological polar surface area (TPSA) is 119 Å². The smallest absolute Gasteiger partial charge is 0.139 e. The third-order valence-corrected chi connectivity index (χ3v) is 5.05. The highest BCUT2D eigenvalue weighted by Crippen LogP contribution is 2.31. The van der Waals surface area contributed by atoms with Gasteiger partial charge in [-0.05, 0) is 37.5 Å². The zero-order valence-electron chi connectivity index (χ0n) is 17.2. The van der Waals surface area contributed by atoms with Crippen LogP contribution in [0.2, 0.25) is 0 Å². The minimum absolute atomic E-state index is 0.281. The molecular formula is C22H31N5O2. The van der Waals surface area contributed by atoms with E-state index in [4.69, 9.17) is 21.4 Å². The molecule has 5 N–H and O–H groups in total. The number of ether oxygens (including phenoxy) is 1. The molecule has 0 saturated carbocycles. The molecule has 1 atom stereocenters. The Balaban J connectivity index is 1.91. The van der Waals surface area contributed by atoms with Crippen LogP contribution in [-0.4, -0.2) is 35.5 Å². The minimum Gasteiger partial charge on any atom is -0.409 e. The normalized spacial score (nSPS) is 14.6. The highest BCUT2D eigenvalue weighted by molar-refractivity contribution is 5.97. The van der Waals surface area contributed by atoms with Gasteiger partial charge in [-0.3, -0.25) is 9.98 Å². The standard InChI is InChI=1S/C22H31N5O2/c1-22(29-2,19-9-6-8-15-25-19)18-13-11-17(12-14-18)21(24)26-16-7-4-3-5-10-20(23)27-28/h6,8-9,11-15,28H,3-5,7,10,16H2,1-2H3,(H2,23,27)(H2,24,26). The van der Waals surface area contributed by atoms with Crippen LogP contribution >= 0.6 is 0 Å². The van der Waals surface area contributed by atoms with Crippen LogP contribution < -0.4 is 11.5 Å². The largest absolute Gasteiger partial charge is 0.409 e.